The summed E-state index contributed by atoms with van der Waals surface area (Å²) >= 11 is 5.96. The highest BCUT2D eigenvalue weighted by Gasteiger charge is 2.22. The van der Waals surface area contributed by atoms with Crippen molar-refractivity contribution >= 4 is 29.1 Å². The van der Waals surface area contributed by atoms with Gasteiger partial charge in [0.2, 0.25) is 5.91 Å². The van der Waals surface area contributed by atoms with Crippen molar-refractivity contribution in [3.05, 3.63) is 28.8 Å². The Bertz CT molecular complexity index is 736. The van der Waals surface area contributed by atoms with Gasteiger partial charge in [0.15, 0.2) is 5.69 Å². The number of amides is 2. The third kappa shape index (κ3) is 3.37. The van der Waals surface area contributed by atoms with E-state index in [1.807, 2.05) is 6.92 Å². The summed E-state index contributed by atoms with van der Waals surface area (Å²) in [6.45, 7) is 5.97. The maximum absolute atomic E-state index is 12.5. The van der Waals surface area contributed by atoms with Crippen LogP contribution in [0.5, 0.6) is 0 Å². The van der Waals surface area contributed by atoms with E-state index < -0.39 is 6.04 Å². The Hall–Kier alpha value is -2.35. The van der Waals surface area contributed by atoms with Crippen molar-refractivity contribution in [3.8, 4) is 0 Å². The van der Waals surface area contributed by atoms with Crippen LogP contribution in [0.3, 0.4) is 0 Å². The van der Waals surface area contributed by atoms with Gasteiger partial charge >= 0.3 is 0 Å². The standard InChI is InChI=1S/C14H19ClN6O2/c1-5-20-7-11(12(19-20)14(23)16-4)18-13(22)9(3)21-8(2)10(15)6-17-21/h6-7,9H,5H2,1-4H3,(H,16,23)(H,18,22)/t9-/m1/s1. The second kappa shape index (κ2) is 6.82. The molecule has 23 heavy (non-hydrogen) atoms. The summed E-state index contributed by atoms with van der Waals surface area (Å²) in [5, 5.41) is 14.0. The number of anilines is 1. The Balaban J connectivity index is 2.24. The lowest BCUT2D eigenvalue weighted by Crippen LogP contribution is -2.27. The van der Waals surface area contributed by atoms with E-state index in [1.54, 1.807) is 24.7 Å². The monoisotopic (exact) mass is 338 g/mol. The first-order chi connectivity index (χ1) is 10.9. The maximum atomic E-state index is 12.5. The molecule has 2 aromatic rings. The fourth-order valence-electron chi connectivity index (χ4n) is 2.10. The molecule has 124 valence electrons. The lowest BCUT2D eigenvalue weighted by Gasteiger charge is -2.14. The molecular formula is C14H19ClN6O2. The molecule has 0 saturated heterocycles. The maximum Gasteiger partial charge on any atom is 0.273 e. The van der Waals surface area contributed by atoms with Crippen LogP contribution < -0.4 is 10.6 Å². The summed E-state index contributed by atoms with van der Waals surface area (Å²) in [5.41, 5.74) is 1.23. The van der Waals surface area contributed by atoms with Crippen LogP contribution >= 0.6 is 11.6 Å². The fraction of sp³-hybridized carbons (Fsp3) is 0.429. The smallest absolute Gasteiger partial charge is 0.273 e. The van der Waals surface area contributed by atoms with Crippen LogP contribution in [-0.2, 0) is 11.3 Å². The number of carbonyl (C=O) groups is 2. The van der Waals surface area contributed by atoms with E-state index in [-0.39, 0.29) is 17.5 Å². The van der Waals surface area contributed by atoms with Gasteiger partial charge in [-0.2, -0.15) is 10.2 Å². The number of hydrogen-bond acceptors (Lipinski definition) is 4. The van der Waals surface area contributed by atoms with Gasteiger partial charge in [0, 0.05) is 19.8 Å². The Morgan fingerprint density at radius 1 is 1.43 bits per heavy atom. The Morgan fingerprint density at radius 2 is 2.13 bits per heavy atom. The highest BCUT2D eigenvalue weighted by Crippen LogP contribution is 2.20. The first kappa shape index (κ1) is 17.0. The number of nitrogens with zero attached hydrogens (tertiary/aromatic N) is 4. The second-order valence-corrected chi connectivity index (χ2v) is 5.42. The van der Waals surface area contributed by atoms with Gasteiger partial charge in [-0.1, -0.05) is 11.6 Å². The predicted octanol–water partition coefficient (Wildman–Crippen LogP) is 1.62. The van der Waals surface area contributed by atoms with Crippen molar-refractivity contribution in [1.29, 1.82) is 0 Å². The van der Waals surface area contributed by atoms with Gasteiger partial charge in [-0.25, -0.2) is 0 Å². The molecule has 0 aliphatic heterocycles. The highest BCUT2D eigenvalue weighted by atomic mass is 35.5. The van der Waals surface area contributed by atoms with Crippen molar-refractivity contribution in [1.82, 2.24) is 24.9 Å². The topological polar surface area (TPSA) is 93.8 Å². The third-order valence-corrected chi connectivity index (χ3v) is 3.89. The highest BCUT2D eigenvalue weighted by molar-refractivity contribution is 6.31. The van der Waals surface area contributed by atoms with Crippen LogP contribution in [0.15, 0.2) is 12.4 Å². The van der Waals surface area contributed by atoms with Gasteiger partial charge in [-0.3, -0.25) is 19.0 Å². The molecule has 0 radical (unpaired) electrons. The first-order valence-corrected chi connectivity index (χ1v) is 7.56. The fourth-order valence-corrected chi connectivity index (χ4v) is 2.23. The van der Waals surface area contributed by atoms with E-state index in [9.17, 15) is 9.59 Å². The van der Waals surface area contributed by atoms with Gasteiger partial charge in [0.05, 0.1) is 22.6 Å². The lowest BCUT2D eigenvalue weighted by atomic mass is 10.2. The van der Waals surface area contributed by atoms with Crippen molar-refractivity contribution < 1.29 is 9.59 Å². The van der Waals surface area contributed by atoms with E-state index in [0.29, 0.717) is 22.9 Å². The molecule has 2 heterocycles. The molecule has 1 atom stereocenters. The number of nitrogens with one attached hydrogen (secondary N) is 2. The molecule has 0 aromatic carbocycles. The number of halogens is 1. The van der Waals surface area contributed by atoms with Crippen molar-refractivity contribution in [2.75, 3.05) is 12.4 Å². The van der Waals surface area contributed by atoms with Crippen LogP contribution in [0.4, 0.5) is 5.69 Å². The Morgan fingerprint density at radius 3 is 2.65 bits per heavy atom. The Kier molecular flexibility index (Phi) is 5.05. The van der Waals surface area contributed by atoms with E-state index in [2.05, 4.69) is 20.8 Å². The van der Waals surface area contributed by atoms with Crippen LogP contribution in [0, 0.1) is 6.92 Å². The van der Waals surface area contributed by atoms with Gasteiger partial charge in [0.1, 0.15) is 6.04 Å². The van der Waals surface area contributed by atoms with E-state index in [4.69, 9.17) is 11.6 Å². The molecule has 0 aliphatic carbocycles. The first-order valence-electron chi connectivity index (χ1n) is 7.19. The molecule has 0 saturated carbocycles. The molecule has 2 aromatic heterocycles. The number of carbonyl (C=O) groups excluding carboxylic acids is 2. The van der Waals surface area contributed by atoms with Crippen molar-refractivity contribution in [2.45, 2.75) is 33.4 Å². The lowest BCUT2D eigenvalue weighted by molar-refractivity contribution is -0.119. The van der Waals surface area contributed by atoms with E-state index in [0.717, 1.165) is 0 Å². The molecule has 2 N–H and O–H groups in total. The van der Waals surface area contributed by atoms with Crippen LogP contribution in [0.25, 0.3) is 0 Å². The molecule has 8 nitrogen and oxygen atoms in total. The summed E-state index contributed by atoms with van der Waals surface area (Å²) in [6, 6.07) is -0.579. The summed E-state index contributed by atoms with van der Waals surface area (Å²) in [6.07, 6.45) is 3.11. The zero-order valence-electron chi connectivity index (χ0n) is 13.4. The van der Waals surface area contributed by atoms with E-state index >= 15 is 0 Å². The normalized spacial score (nSPS) is 12.0. The minimum atomic E-state index is -0.579. The average molecular weight is 339 g/mol. The van der Waals surface area contributed by atoms with Crippen molar-refractivity contribution in [2.24, 2.45) is 0 Å². The summed E-state index contributed by atoms with van der Waals surface area (Å²) in [7, 11) is 1.51. The molecule has 2 amide bonds. The zero-order chi connectivity index (χ0) is 17.1. The number of hydrogen-bond donors (Lipinski definition) is 2. The zero-order valence-corrected chi connectivity index (χ0v) is 14.2. The summed E-state index contributed by atoms with van der Waals surface area (Å²) in [5.74, 6) is -0.674. The average Bonchev–Trinajstić information content (AvgIpc) is 3.10. The third-order valence-electron chi connectivity index (χ3n) is 3.52. The number of aryl methyl sites for hydroxylation is 1. The minimum absolute atomic E-state index is 0.171. The van der Waals surface area contributed by atoms with Gasteiger partial charge < -0.3 is 10.6 Å². The van der Waals surface area contributed by atoms with Crippen LogP contribution in [0.2, 0.25) is 5.02 Å². The molecule has 0 aliphatic rings. The van der Waals surface area contributed by atoms with Crippen LogP contribution in [0.1, 0.15) is 36.1 Å². The van der Waals surface area contributed by atoms with E-state index in [1.165, 1.54) is 17.9 Å². The van der Waals surface area contributed by atoms with Gasteiger partial charge in [-0.15, -0.1) is 0 Å². The molecular weight excluding hydrogens is 320 g/mol. The number of aromatic nitrogens is 4. The SMILES string of the molecule is CCn1cc(NC(=O)[C@@H](C)n2ncc(Cl)c2C)c(C(=O)NC)n1. The van der Waals surface area contributed by atoms with Crippen LogP contribution in [-0.4, -0.2) is 38.4 Å². The molecule has 0 bridgehead atoms. The summed E-state index contributed by atoms with van der Waals surface area (Å²) < 4.78 is 3.11. The second-order valence-electron chi connectivity index (χ2n) is 5.01. The molecule has 0 spiro atoms. The molecule has 0 fully saturated rings. The van der Waals surface area contributed by atoms with Gasteiger partial charge in [0.25, 0.3) is 5.91 Å². The van der Waals surface area contributed by atoms with Crippen molar-refractivity contribution in [3.63, 3.8) is 0 Å². The summed E-state index contributed by atoms with van der Waals surface area (Å²) in [4.78, 5) is 24.3. The molecule has 2 rings (SSSR count). The molecule has 9 heteroatoms. The predicted molar refractivity (Wildman–Crippen MR) is 86.6 cm³/mol. The van der Waals surface area contributed by atoms with Gasteiger partial charge in [-0.05, 0) is 20.8 Å². The largest absolute Gasteiger partial charge is 0.354 e. The minimum Gasteiger partial charge on any atom is -0.354 e. The Labute approximate surface area is 138 Å². The molecule has 0 unspecified atom stereocenters. The quantitative estimate of drug-likeness (QED) is 0.866. The number of rotatable bonds is 5.